The Hall–Kier alpha value is -0.160. The third kappa shape index (κ3) is 0.509. The quantitative estimate of drug-likeness (QED) is 0.437. The van der Waals surface area contributed by atoms with Gasteiger partial charge in [-0.3, -0.25) is 0 Å². The average molecular weight is 144 g/mol. The molecule has 3 aliphatic heterocycles. The molecule has 0 radical (unpaired) electrons. The summed E-state index contributed by atoms with van der Waals surface area (Å²) in [6.07, 6.45) is -0.809. The lowest BCUT2D eigenvalue weighted by molar-refractivity contribution is -0.143. The normalized spacial score (nSPS) is 63.9. The number of ether oxygens (including phenoxy) is 3. The van der Waals surface area contributed by atoms with E-state index in [1.807, 2.05) is 0 Å². The van der Waals surface area contributed by atoms with Gasteiger partial charge in [0.15, 0.2) is 6.29 Å². The Bertz CT molecular complexity index is 169. The van der Waals surface area contributed by atoms with Gasteiger partial charge in [-0.05, 0) is 0 Å². The van der Waals surface area contributed by atoms with Crippen LogP contribution < -0.4 is 0 Å². The molecule has 3 rings (SSSR count). The number of aliphatic hydroxyl groups is 1. The van der Waals surface area contributed by atoms with E-state index >= 15 is 0 Å². The Morgan fingerprint density at radius 2 is 2.10 bits per heavy atom. The summed E-state index contributed by atoms with van der Waals surface area (Å²) in [6.45, 7) is 0.572. The summed E-state index contributed by atoms with van der Waals surface area (Å²) in [4.78, 5) is 0. The first-order valence-corrected chi connectivity index (χ1v) is 3.47. The van der Waals surface area contributed by atoms with Gasteiger partial charge in [-0.1, -0.05) is 0 Å². The number of epoxide rings is 1. The lowest BCUT2D eigenvalue weighted by Crippen LogP contribution is -2.39. The summed E-state index contributed by atoms with van der Waals surface area (Å²) >= 11 is 0. The van der Waals surface area contributed by atoms with Crippen molar-refractivity contribution in [3.05, 3.63) is 0 Å². The van der Waals surface area contributed by atoms with Crippen molar-refractivity contribution in [2.45, 2.75) is 30.7 Å². The van der Waals surface area contributed by atoms with Gasteiger partial charge >= 0.3 is 0 Å². The van der Waals surface area contributed by atoms with E-state index in [-0.39, 0.29) is 18.3 Å². The summed E-state index contributed by atoms with van der Waals surface area (Å²) < 4.78 is 15.6. The van der Waals surface area contributed by atoms with Gasteiger partial charge in [-0.25, -0.2) is 0 Å². The van der Waals surface area contributed by atoms with E-state index < -0.39 is 12.4 Å². The molecule has 0 aliphatic carbocycles. The summed E-state index contributed by atoms with van der Waals surface area (Å²) in [5.74, 6) is 0. The third-order valence-corrected chi connectivity index (χ3v) is 2.28. The van der Waals surface area contributed by atoms with Crippen molar-refractivity contribution >= 4 is 0 Å². The molecule has 5 atom stereocenters. The first kappa shape index (κ1) is 5.49. The lowest BCUT2D eigenvalue weighted by atomic mass is 10.1. The molecule has 56 valence electrons. The monoisotopic (exact) mass is 144 g/mol. The van der Waals surface area contributed by atoms with Gasteiger partial charge < -0.3 is 19.3 Å². The van der Waals surface area contributed by atoms with Crippen LogP contribution in [-0.2, 0) is 14.2 Å². The van der Waals surface area contributed by atoms with Crippen molar-refractivity contribution in [1.29, 1.82) is 0 Å². The van der Waals surface area contributed by atoms with Crippen LogP contribution in [0.3, 0.4) is 0 Å². The van der Waals surface area contributed by atoms with Crippen LogP contribution in [0.1, 0.15) is 0 Å². The molecule has 4 nitrogen and oxygen atoms in total. The highest BCUT2D eigenvalue weighted by Crippen LogP contribution is 2.41. The Kier molecular flexibility index (Phi) is 0.840. The SMILES string of the molecule is O[C@H]1C2OC[C@@H](O2)[C@@H]2O[C@@H]21. The third-order valence-electron chi connectivity index (χ3n) is 2.28. The van der Waals surface area contributed by atoms with Crippen molar-refractivity contribution < 1.29 is 19.3 Å². The Balaban J connectivity index is 1.91. The van der Waals surface area contributed by atoms with E-state index in [9.17, 15) is 5.11 Å². The fourth-order valence-electron chi connectivity index (χ4n) is 1.66. The molecule has 4 heteroatoms. The number of aliphatic hydroxyl groups excluding tert-OH is 1. The van der Waals surface area contributed by atoms with Gasteiger partial charge in [-0.15, -0.1) is 0 Å². The van der Waals surface area contributed by atoms with E-state index in [2.05, 4.69) is 0 Å². The van der Waals surface area contributed by atoms with Crippen molar-refractivity contribution in [3.8, 4) is 0 Å². The van der Waals surface area contributed by atoms with E-state index in [0.717, 1.165) is 0 Å². The van der Waals surface area contributed by atoms with Gasteiger partial charge in [0.2, 0.25) is 0 Å². The largest absolute Gasteiger partial charge is 0.385 e. The predicted octanol–water partition coefficient (Wildman–Crippen LogP) is -1.13. The molecule has 0 aromatic carbocycles. The molecule has 3 fully saturated rings. The van der Waals surface area contributed by atoms with Gasteiger partial charge in [0.1, 0.15) is 24.4 Å². The summed E-state index contributed by atoms with van der Waals surface area (Å²) in [5.41, 5.74) is 0. The minimum atomic E-state index is -0.566. The maximum absolute atomic E-state index is 9.33. The highest BCUT2D eigenvalue weighted by atomic mass is 16.8. The first-order chi connectivity index (χ1) is 4.86. The van der Waals surface area contributed by atoms with Gasteiger partial charge in [0.25, 0.3) is 0 Å². The first-order valence-electron chi connectivity index (χ1n) is 3.47. The fraction of sp³-hybridized carbons (Fsp3) is 1.00. The maximum atomic E-state index is 9.33. The minimum Gasteiger partial charge on any atom is -0.385 e. The molecular weight excluding hydrogens is 136 g/mol. The topological polar surface area (TPSA) is 51.2 Å². The van der Waals surface area contributed by atoms with Crippen LogP contribution in [0.15, 0.2) is 0 Å². The van der Waals surface area contributed by atoms with E-state index in [4.69, 9.17) is 14.2 Å². The lowest BCUT2D eigenvalue weighted by Gasteiger charge is -2.18. The molecule has 3 saturated heterocycles. The second-order valence-electron chi connectivity index (χ2n) is 2.93. The zero-order valence-electron chi connectivity index (χ0n) is 5.27. The van der Waals surface area contributed by atoms with Crippen LogP contribution in [0.25, 0.3) is 0 Å². The van der Waals surface area contributed by atoms with Gasteiger partial charge in [-0.2, -0.15) is 0 Å². The van der Waals surface area contributed by atoms with E-state index in [1.54, 1.807) is 0 Å². The molecule has 2 bridgehead atoms. The summed E-state index contributed by atoms with van der Waals surface area (Å²) in [6, 6.07) is 0. The Morgan fingerprint density at radius 3 is 3.00 bits per heavy atom. The molecule has 10 heavy (non-hydrogen) atoms. The molecule has 3 heterocycles. The molecule has 0 aromatic rings. The summed E-state index contributed by atoms with van der Waals surface area (Å²) in [7, 11) is 0. The smallest absolute Gasteiger partial charge is 0.186 e. The molecule has 0 spiro atoms. The number of hydrogen-bond donors (Lipinski definition) is 1. The molecule has 0 aromatic heterocycles. The van der Waals surface area contributed by atoms with E-state index in [0.29, 0.717) is 6.61 Å². The predicted molar refractivity (Wildman–Crippen MR) is 29.3 cm³/mol. The van der Waals surface area contributed by atoms with Crippen molar-refractivity contribution in [3.63, 3.8) is 0 Å². The number of hydrogen-bond acceptors (Lipinski definition) is 4. The minimum absolute atomic E-state index is 0.00810. The second-order valence-corrected chi connectivity index (χ2v) is 2.93. The zero-order chi connectivity index (χ0) is 6.72. The molecular formula is C6H8O4. The van der Waals surface area contributed by atoms with Crippen LogP contribution in [0.2, 0.25) is 0 Å². The van der Waals surface area contributed by atoms with Gasteiger partial charge in [0, 0.05) is 0 Å². The van der Waals surface area contributed by atoms with Crippen LogP contribution in [0.4, 0.5) is 0 Å². The summed E-state index contributed by atoms with van der Waals surface area (Å²) in [5, 5.41) is 9.33. The number of rotatable bonds is 0. The van der Waals surface area contributed by atoms with Crippen LogP contribution in [-0.4, -0.2) is 42.4 Å². The van der Waals surface area contributed by atoms with Crippen LogP contribution in [0.5, 0.6) is 0 Å². The molecule has 0 saturated carbocycles. The molecule has 1 N–H and O–H groups in total. The average Bonchev–Trinajstić information content (AvgIpc) is 2.61. The second kappa shape index (κ2) is 1.53. The Labute approximate surface area is 57.7 Å². The highest BCUT2D eigenvalue weighted by molar-refractivity contribution is 5.03. The molecule has 0 amide bonds. The van der Waals surface area contributed by atoms with Crippen LogP contribution >= 0.6 is 0 Å². The zero-order valence-corrected chi connectivity index (χ0v) is 5.27. The van der Waals surface area contributed by atoms with Crippen molar-refractivity contribution in [2.75, 3.05) is 6.61 Å². The molecule has 3 aliphatic rings. The van der Waals surface area contributed by atoms with Crippen LogP contribution in [0, 0.1) is 0 Å². The fourth-order valence-corrected chi connectivity index (χ4v) is 1.66. The van der Waals surface area contributed by atoms with Crippen molar-refractivity contribution in [2.24, 2.45) is 0 Å². The standard InChI is InChI=1S/C6H8O4/c7-3-5-4(10-5)2-1-8-6(3)9-2/h2-7H,1H2/t2-,3-,4+,5-,6?/m1/s1. The molecule has 1 unspecified atom stereocenters. The maximum Gasteiger partial charge on any atom is 0.186 e. The van der Waals surface area contributed by atoms with Gasteiger partial charge in [0.05, 0.1) is 6.61 Å². The Morgan fingerprint density at radius 1 is 1.20 bits per heavy atom. The number of fused-ring (bicyclic) bond motifs is 4. The van der Waals surface area contributed by atoms with E-state index in [1.165, 1.54) is 0 Å². The van der Waals surface area contributed by atoms with Crippen molar-refractivity contribution in [1.82, 2.24) is 0 Å². The highest BCUT2D eigenvalue weighted by Gasteiger charge is 2.60.